The first-order chi connectivity index (χ1) is 10.8. The van der Waals surface area contributed by atoms with Crippen LogP contribution in [0.4, 0.5) is 0 Å². The summed E-state index contributed by atoms with van der Waals surface area (Å²) in [5.41, 5.74) is 2.30. The number of carbonyl (C=O) groups is 1. The Morgan fingerprint density at radius 2 is 1.82 bits per heavy atom. The highest BCUT2D eigenvalue weighted by Crippen LogP contribution is 2.19. The van der Waals surface area contributed by atoms with Gasteiger partial charge < -0.3 is 9.47 Å². The summed E-state index contributed by atoms with van der Waals surface area (Å²) in [6.45, 7) is 1.16. The summed E-state index contributed by atoms with van der Waals surface area (Å²) in [4.78, 5) is 12.6. The first kappa shape index (κ1) is 14.9. The minimum Gasteiger partial charge on any atom is -0.353 e. The zero-order valence-corrected chi connectivity index (χ0v) is 12.5. The van der Waals surface area contributed by atoms with Crippen LogP contribution in [0, 0.1) is 0 Å². The van der Waals surface area contributed by atoms with E-state index in [1.54, 1.807) is 0 Å². The first-order valence-electron chi connectivity index (χ1n) is 7.75. The van der Waals surface area contributed by atoms with Crippen molar-refractivity contribution in [2.45, 2.75) is 32.2 Å². The molecule has 1 saturated heterocycles. The van der Waals surface area contributed by atoms with Crippen molar-refractivity contribution in [1.29, 1.82) is 0 Å². The molecule has 3 nitrogen and oxygen atoms in total. The van der Waals surface area contributed by atoms with E-state index in [4.69, 9.17) is 9.47 Å². The summed E-state index contributed by atoms with van der Waals surface area (Å²) in [6, 6.07) is 17.0. The van der Waals surface area contributed by atoms with E-state index in [2.05, 4.69) is 0 Å². The predicted octanol–water partition coefficient (Wildman–Crippen LogP) is 3.96. The molecule has 0 aromatic heterocycles. The van der Waals surface area contributed by atoms with Gasteiger partial charge in [-0.25, -0.2) is 0 Å². The third-order valence-corrected chi connectivity index (χ3v) is 3.86. The van der Waals surface area contributed by atoms with Crippen LogP contribution in [0.1, 0.15) is 40.7 Å². The molecule has 0 N–H and O–H groups in total. The molecule has 114 valence electrons. The Morgan fingerprint density at radius 3 is 2.59 bits per heavy atom. The van der Waals surface area contributed by atoms with Crippen LogP contribution >= 0.6 is 0 Å². The Hall–Kier alpha value is -1.97. The minimum absolute atomic E-state index is 0.0318. The summed E-state index contributed by atoms with van der Waals surface area (Å²) in [7, 11) is 0. The quantitative estimate of drug-likeness (QED) is 0.783. The summed E-state index contributed by atoms with van der Waals surface area (Å²) in [5, 5.41) is 0. The second-order valence-corrected chi connectivity index (χ2v) is 5.46. The summed E-state index contributed by atoms with van der Waals surface area (Å²) < 4.78 is 11.4. The maximum atomic E-state index is 12.6. The van der Waals surface area contributed by atoms with E-state index in [1.807, 2.05) is 54.6 Å². The van der Waals surface area contributed by atoms with E-state index in [0.717, 1.165) is 31.4 Å². The standard InChI is InChI=1S/C19H20O3/c20-19(15-8-2-1-3-9-15)17-11-5-4-10-16(17)14-22-18-12-6-7-13-21-18/h1-5,8-11,18H,6-7,12-14H2. The number of carbonyl (C=O) groups excluding carboxylic acids is 1. The fraction of sp³-hybridized carbons (Fsp3) is 0.316. The normalized spacial score (nSPS) is 18.1. The van der Waals surface area contributed by atoms with Crippen molar-refractivity contribution in [3.8, 4) is 0 Å². The zero-order valence-electron chi connectivity index (χ0n) is 12.5. The molecule has 3 rings (SSSR count). The fourth-order valence-electron chi connectivity index (χ4n) is 2.64. The molecule has 0 radical (unpaired) electrons. The van der Waals surface area contributed by atoms with Crippen molar-refractivity contribution >= 4 is 5.78 Å². The number of benzene rings is 2. The first-order valence-corrected chi connectivity index (χ1v) is 7.75. The van der Waals surface area contributed by atoms with Crippen molar-refractivity contribution in [2.24, 2.45) is 0 Å². The Balaban J connectivity index is 1.73. The molecular formula is C19H20O3. The van der Waals surface area contributed by atoms with Crippen molar-refractivity contribution < 1.29 is 14.3 Å². The van der Waals surface area contributed by atoms with Crippen LogP contribution in [0.2, 0.25) is 0 Å². The van der Waals surface area contributed by atoms with Gasteiger partial charge in [0, 0.05) is 17.7 Å². The molecule has 0 spiro atoms. The zero-order chi connectivity index (χ0) is 15.2. The smallest absolute Gasteiger partial charge is 0.193 e. The predicted molar refractivity (Wildman–Crippen MR) is 84.7 cm³/mol. The second kappa shape index (κ2) is 7.34. The number of hydrogen-bond acceptors (Lipinski definition) is 3. The lowest BCUT2D eigenvalue weighted by molar-refractivity contribution is -0.168. The van der Waals surface area contributed by atoms with Crippen LogP contribution in [0.5, 0.6) is 0 Å². The lowest BCUT2D eigenvalue weighted by Gasteiger charge is -2.23. The van der Waals surface area contributed by atoms with Gasteiger partial charge in [0.05, 0.1) is 6.61 Å². The Morgan fingerprint density at radius 1 is 1.05 bits per heavy atom. The average molecular weight is 296 g/mol. The molecule has 2 aromatic rings. The van der Waals surface area contributed by atoms with Gasteiger partial charge in [-0.15, -0.1) is 0 Å². The molecule has 1 aliphatic heterocycles. The van der Waals surface area contributed by atoms with Crippen LogP contribution in [-0.4, -0.2) is 18.7 Å². The van der Waals surface area contributed by atoms with Crippen LogP contribution in [0.3, 0.4) is 0 Å². The lowest BCUT2D eigenvalue weighted by Crippen LogP contribution is -2.22. The van der Waals surface area contributed by atoms with E-state index in [0.29, 0.717) is 17.7 Å². The highest BCUT2D eigenvalue weighted by atomic mass is 16.7. The number of hydrogen-bond donors (Lipinski definition) is 0. The number of rotatable bonds is 5. The van der Waals surface area contributed by atoms with Gasteiger partial charge in [0.1, 0.15) is 0 Å². The third kappa shape index (κ3) is 3.62. The SMILES string of the molecule is O=C(c1ccccc1)c1ccccc1COC1CCCCO1. The second-order valence-electron chi connectivity index (χ2n) is 5.46. The van der Waals surface area contributed by atoms with Gasteiger partial charge in [-0.05, 0) is 24.8 Å². The van der Waals surface area contributed by atoms with Crippen LogP contribution in [0.25, 0.3) is 0 Å². The maximum absolute atomic E-state index is 12.6. The number of ether oxygens (including phenoxy) is 2. The van der Waals surface area contributed by atoms with Gasteiger partial charge in [0.2, 0.25) is 0 Å². The molecule has 0 saturated carbocycles. The van der Waals surface area contributed by atoms with E-state index >= 15 is 0 Å². The Kier molecular flexibility index (Phi) is 4.99. The molecule has 1 heterocycles. The Bertz CT molecular complexity index is 616. The van der Waals surface area contributed by atoms with E-state index < -0.39 is 0 Å². The molecule has 2 aromatic carbocycles. The maximum Gasteiger partial charge on any atom is 0.193 e. The lowest BCUT2D eigenvalue weighted by atomic mass is 9.99. The molecule has 0 amide bonds. The highest BCUT2D eigenvalue weighted by Gasteiger charge is 2.17. The molecule has 1 atom stereocenters. The topological polar surface area (TPSA) is 35.5 Å². The average Bonchev–Trinajstić information content (AvgIpc) is 2.61. The fourth-order valence-corrected chi connectivity index (χ4v) is 2.64. The summed E-state index contributed by atoms with van der Waals surface area (Å²) in [5.74, 6) is 0.0318. The van der Waals surface area contributed by atoms with Crippen molar-refractivity contribution in [1.82, 2.24) is 0 Å². The molecule has 1 aliphatic rings. The summed E-state index contributed by atoms with van der Waals surface area (Å²) >= 11 is 0. The van der Waals surface area contributed by atoms with Crippen molar-refractivity contribution in [2.75, 3.05) is 6.61 Å². The van der Waals surface area contributed by atoms with E-state index in [-0.39, 0.29) is 12.1 Å². The van der Waals surface area contributed by atoms with Gasteiger partial charge in [0.15, 0.2) is 12.1 Å². The molecule has 1 fully saturated rings. The van der Waals surface area contributed by atoms with Crippen LogP contribution in [0.15, 0.2) is 54.6 Å². The number of ketones is 1. The van der Waals surface area contributed by atoms with Crippen LogP contribution < -0.4 is 0 Å². The van der Waals surface area contributed by atoms with Gasteiger partial charge in [-0.2, -0.15) is 0 Å². The minimum atomic E-state index is -0.145. The third-order valence-electron chi connectivity index (χ3n) is 3.86. The van der Waals surface area contributed by atoms with Crippen LogP contribution in [-0.2, 0) is 16.1 Å². The Labute approximate surface area is 130 Å². The van der Waals surface area contributed by atoms with Crippen molar-refractivity contribution in [3.63, 3.8) is 0 Å². The molecule has 22 heavy (non-hydrogen) atoms. The van der Waals surface area contributed by atoms with Gasteiger partial charge in [0.25, 0.3) is 0 Å². The van der Waals surface area contributed by atoms with E-state index in [9.17, 15) is 4.79 Å². The monoisotopic (exact) mass is 296 g/mol. The van der Waals surface area contributed by atoms with E-state index in [1.165, 1.54) is 0 Å². The van der Waals surface area contributed by atoms with Crippen molar-refractivity contribution in [3.05, 3.63) is 71.3 Å². The summed E-state index contributed by atoms with van der Waals surface area (Å²) in [6.07, 6.45) is 3.01. The van der Waals surface area contributed by atoms with Gasteiger partial charge >= 0.3 is 0 Å². The molecule has 0 bridgehead atoms. The molecular weight excluding hydrogens is 276 g/mol. The van der Waals surface area contributed by atoms with Gasteiger partial charge in [-0.3, -0.25) is 4.79 Å². The molecule has 3 heteroatoms. The largest absolute Gasteiger partial charge is 0.353 e. The highest BCUT2D eigenvalue weighted by molar-refractivity contribution is 6.09. The molecule has 0 aliphatic carbocycles. The van der Waals surface area contributed by atoms with Gasteiger partial charge in [-0.1, -0.05) is 54.6 Å². The molecule has 1 unspecified atom stereocenters.